The average molecular weight is 267 g/mol. The normalized spacial score (nSPS) is 10.7. The number of nitrogens with zero attached hydrogens (tertiary/aromatic N) is 2. The monoisotopic (exact) mass is 267 g/mol. The highest BCUT2D eigenvalue weighted by Crippen LogP contribution is 2.09. The van der Waals surface area contributed by atoms with E-state index in [0.29, 0.717) is 12.4 Å². The van der Waals surface area contributed by atoms with Crippen molar-refractivity contribution >= 4 is 5.97 Å². The smallest absolute Gasteiger partial charge is 0.357 e. The summed E-state index contributed by atoms with van der Waals surface area (Å²) in [6.45, 7) is 7.90. The molecule has 0 aromatic carbocycles. The van der Waals surface area contributed by atoms with Crippen molar-refractivity contribution in [1.82, 2.24) is 4.57 Å². The topological polar surface area (TPSA) is 35.1 Å². The van der Waals surface area contributed by atoms with E-state index < -0.39 is 0 Å². The third-order valence-electron chi connectivity index (χ3n) is 3.29. The Bertz CT molecular complexity index is 364. The average Bonchev–Trinajstić information content (AvgIpc) is 2.80. The van der Waals surface area contributed by atoms with E-state index in [0.717, 1.165) is 25.9 Å². The third kappa shape index (κ3) is 5.05. The standard InChI is InChI=1S/C15H27N2O2/c1-4-7-8-9-10-11-14(18)19-15-16(5-2)12-13-17(15)6-3/h12-13H,4-11H2,1-3H3/q+1. The molecular weight excluding hydrogens is 240 g/mol. The van der Waals surface area contributed by atoms with Crippen LogP contribution < -0.4 is 9.30 Å². The van der Waals surface area contributed by atoms with Crippen LogP contribution in [-0.2, 0) is 17.9 Å². The van der Waals surface area contributed by atoms with Crippen molar-refractivity contribution < 1.29 is 14.1 Å². The third-order valence-corrected chi connectivity index (χ3v) is 3.29. The van der Waals surface area contributed by atoms with Crippen molar-refractivity contribution in [3.05, 3.63) is 12.4 Å². The molecule has 0 saturated carbocycles. The van der Waals surface area contributed by atoms with Crippen LogP contribution >= 0.6 is 0 Å². The first-order chi connectivity index (χ1) is 9.22. The Hall–Kier alpha value is -1.32. The number of ether oxygens (including phenoxy) is 1. The van der Waals surface area contributed by atoms with E-state index in [-0.39, 0.29) is 5.97 Å². The molecule has 0 spiro atoms. The second-order valence-corrected chi connectivity index (χ2v) is 4.79. The first-order valence-electron chi connectivity index (χ1n) is 7.52. The first kappa shape index (κ1) is 15.7. The summed E-state index contributed by atoms with van der Waals surface area (Å²) < 4.78 is 9.41. The maximum Gasteiger partial charge on any atom is 0.463 e. The van der Waals surface area contributed by atoms with Crippen LogP contribution in [0.4, 0.5) is 0 Å². The molecule has 0 bridgehead atoms. The maximum atomic E-state index is 11.8. The molecule has 1 heterocycles. The van der Waals surface area contributed by atoms with E-state index in [4.69, 9.17) is 4.74 Å². The number of unbranched alkanes of at least 4 members (excludes halogenated alkanes) is 4. The summed E-state index contributed by atoms with van der Waals surface area (Å²) in [5.41, 5.74) is 0. The molecule has 0 atom stereocenters. The van der Waals surface area contributed by atoms with Crippen LogP contribution in [0.25, 0.3) is 0 Å². The van der Waals surface area contributed by atoms with E-state index in [1.54, 1.807) is 0 Å². The summed E-state index contributed by atoms with van der Waals surface area (Å²) in [6, 6.07) is 0.656. The minimum Gasteiger partial charge on any atom is -0.357 e. The van der Waals surface area contributed by atoms with Gasteiger partial charge in [-0.2, -0.15) is 9.13 Å². The van der Waals surface area contributed by atoms with Crippen LogP contribution in [0.15, 0.2) is 12.4 Å². The highest BCUT2D eigenvalue weighted by molar-refractivity contribution is 5.71. The number of hydrogen-bond donors (Lipinski definition) is 0. The van der Waals surface area contributed by atoms with Gasteiger partial charge in [0.1, 0.15) is 12.4 Å². The van der Waals surface area contributed by atoms with Crippen molar-refractivity contribution in [2.75, 3.05) is 0 Å². The molecule has 0 radical (unpaired) electrons. The van der Waals surface area contributed by atoms with Crippen LogP contribution in [0.2, 0.25) is 0 Å². The molecule has 0 saturated heterocycles. The zero-order valence-electron chi connectivity index (χ0n) is 12.5. The molecule has 1 aromatic rings. The Morgan fingerprint density at radius 2 is 1.95 bits per heavy atom. The highest BCUT2D eigenvalue weighted by Gasteiger charge is 2.20. The predicted molar refractivity (Wildman–Crippen MR) is 75.0 cm³/mol. The molecule has 0 aliphatic heterocycles. The van der Waals surface area contributed by atoms with Crippen molar-refractivity contribution in [3.63, 3.8) is 0 Å². The Kier molecular flexibility index (Phi) is 7.23. The van der Waals surface area contributed by atoms with Crippen LogP contribution in [0.5, 0.6) is 6.01 Å². The fraction of sp³-hybridized carbons (Fsp3) is 0.733. The molecule has 1 rings (SSSR count). The molecule has 1 aromatic heterocycles. The van der Waals surface area contributed by atoms with Crippen LogP contribution in [0.3, 0.4) is 0 Å². The van der Waals surface area contributed by atoms with Gasteiger partial charge >= 0.3 is 12.0 Å². The molecule has 0 N–H and O–H groups in total. The number of carbonyl (C=O) groups is 1. The number of rotatable bonds is 9. The molecule has 0 aliphatic rings. The predicted octanol–water partition coefficient (Wildman–Crippen LogP) is 3.08. The molecular formula is C15H27N2O2+. The summed E-state index contributed by atoms with van der Waals surface area (Å²) in [5.74, 6) is -0.118. The molecule has 4 nitrogen and oxygen atoms in total. The van der Waals surface area contributed by atoms with Gasteiger partial charge in [-0.3, -0.25) is 4.79 Å². The fourth-order valence-electron chi connectivity index (χ4n) is 2.08. The lowest BCUT2D eigenvalue weighted by Gasteiger charge is -2.03. The summed E-state index contributed by atoms with van der Waals surface area (Å²) in [6.07, 6.45) is 10.2. The van der Waals surface area contributed by atoms with Gasteiger partial charge in [0.15, 0.2) is 0 Å². The zero-order chi connectivity index (χ0) is 14.1. The van der Waals surface area contributed by atoms with Crippen molar-refractivity contribution in [2.24, 2.45) is 0 Å². The largest absolute Gasteiger partial charge is 0.463 e. The van der Waals surface area contributed by atoms with Crippen LogP contribution in [0.1, 0.15) is 59.3 Å². The maximum absolute atomic E-state index is 11.8. The van der Waals surface area contributed by atoms with Gasteiger partial charge in [-0.05, 0) is 20.3 Å². The van der Waals surface area contributed by atoms with Gasteiger partial charge in [-0.15, -0.1) is 0 Å². The SMILES string of the molecule is CCCCCCCC(=O)Oc1n(CC)cc[n+]1CC. The first-order valence-corrected chi connectivity index (χ1v) is 7.52. The number of aryl methyl sites for hydroxylation is 2. The summed E-state index contributed by atoms with van der Waals surface area (Å²) in [5, 5.41) is 0. The van der Waals surface area contributed by atoms with Crippen LogP contribution in [0, 0.1) is 0 Å². The molecule has 4 heteroatoms. The molecule has 19 heavy (non-hydrogen) atoms. The lowest BCUT2D eigenvalue weighted by atomic mass is 10.1. The zero-order valence-corrected chi connectivity index (χ0v) is 12.5. The molecule has 108 valence electrons. The summed E-state index contributed by atoms with van der Waals surface area (Å²) in [4.78, 5) is 11.8. The summed E-state index contributed by atoms with van der Waals surface area (Å²) >= 11 is 0. The Labute approximate surface area is 116 Å². The minimum atomic E-state index is -0.118. The van der Waals surface area contributed by atoms with Crippen LogP contribution in [-0.4, -0.2) is 10.5 Å². The van der Waals surface area contributed by atoms with Gasteiger partial charge in [-0.1, -0.05) is 32.6 Å². The quantitative estimate of drug-likeness (QED) is 0.391. The number of imidazole rings is 1. The Morgan fingerprint density at radius 3 is 2.58 bits per heavy atom. The van der Waals surface area contributed by atoms with E-state index in [1.165, 1.54) is 19.3 Å². The molecule has 0 aliphatic carbocycles. The Balaban J connectivity index is 2.41. The lowest BCUT2D eigenvalue weighted by Crippen LogP contribution is -2.34. The van der Waals surface area contributed by atoms with Crippen molar-refractivity contribution in [3.8, 4) is 6.01 Å². The van der Waals surface area contributed by atoms with E-state index in [2.05, 4.69) is 6.92 Å². The van der Waals surface area contributed by atoms with E-state index in [1.807, 2.05) is 35.4 Å². The number of aromatic nitrogens is 2. The summed E-state index contributed by atoms with van der Waals surface area (Å²) in [7, 11) is 0. The van der Waals surface area contributed by atoms with Gasteiger partial charge < -0.3 is 4.74 Å². The van der Waals surface area contributed by atoms with Gasteiger partial charge in [0.05, 0.1) is 13.1 Å². The molecule has 0 amide bonds. The number of hydrogen-bond acceptors (Lipinski definition) is 2. The molecule has 0 unspecified atom stereocenters. The van der Waals surface area contributed by atoms with Gasteiger partial charge in [0.2, 0.25) is 0 Å². The lowest BCUT2D eigenvalue weighted by molar-refractivity contribution is -0.696. The van der Waals surface area contributed by atoms with Gasteiger partial charge in [0, 0.05) is 6.42 Å². The van der Waals surface area contributed by atoms with E-state index in [9.17, 15) is 4.79 Å². The number of carbonyl (C=O) groups excluding carboxylic acids is 1. The van der Waals surface area contributed by atoms with Crippen molar-refractivity contribution in [2.45, 2.75) is 72.4 Å². The second-order valence-electron chi connectivity index (χ2n) is 4.79. The van der Waals surface area contributed by atoms with Gasteiger partial charge in [0.25, 0.3) is 0 Å². The second kappa shape index (κ2) is 8.73. The van der Waals surface area contributed by atoms with Gasteiger partial charge in [-0.25, -0.2) is 0 Å². The highest BCUT2D eigenvalue weighted by atomic mass is 16.6. The number of esters is 1. The molecule has 0 fully saturated rings. The Morgan fingerprint density at radius 1 is 1.21 bits per heavy atom. The van der Waals surface area contributed by atoms with Crippen molar-refractivity contribution in [1.29, 1.82) is 0 Å². The minimum absolute atomic E-state index is 0.118. The van der Waals surface area contributed by atoms with E-state index >= 15 is 0 Å². The fourth-order valence-corrected chi connectivity index (χ4v) is 2.08.